The maximum atomic E-state index is 11.4. The van der Waals surface area contributed by atoms with Gasteiger partial charge in [-0.05, 0) is 58.9 Å². The number of amides is 1. The first-order valence-corrected chi connectivity index (χ1v) is 8.03. The van der Waals surface area contributed by atoms with E-state index in [-0.39, 0.29) is 11.9 Å². The van der Waals surface area contributed by atoms with Gasteiger partial charge in [-0.2, -0.15) is 0 Å². The minimum atomic E-state index is -0.229. The number of nitrogens with one attached hydrogen (secondary N) is 1. The first-order valence-electron chi connectivity index (χ1n) is 8.03. The van der Waals surface area contributed by atoms with Gasteiger partial charge in [0, 0.05) is 12.6 Å². The van der Waals surface area contributed by atoms with Gasteiger partial charge in [-0.25, -0.2) is 0 Å². The van der Waals surface area contributed by atoms with Gasteiger partial charge in [0.25, 0.3) is 0 Å². The Kier molecular flexibility index (Phi) is 8.11. The van der Waals surface area contributed by atoms with Gasteiger partial charge in [0.15, 0.2) is 0 Å². The van der Waals surface area contributed by atoms with E-state index < -0.39 is 0 Å². The Morgan fingerprint density at radius 3 is 2.55 bits per heavy atom. The first kappa shape index (κ1) is 17.4. The van der Waals surface area contributed by atoms with Crippen LogP contribution in [0.15, 0.2) is 0 Å². The van der Waals surface area contributed by atoms with Crippen molar-refractivity contribution in [1.82, 2.24) is 15.1 Å². The number of primary amides is 1. The summed E-state index contributed by atoms with van der Waals surface area (Å²) in [5.41, 5.74) is 5.45. The second-order valence-corrected chi connectivity index (χ2v) is 5.84. The summed E-state index contributed by atoms with van der Waals surface area (Å²) >= 11 is 0. The number of piperidine rings is 1. The average molecular weight is 284 g/mol. The van der Waals surface area contributed by atoms with Crippen LogP contribution in [0.1, 0.15) is 39.5 Å². The molecule has 0 aromatic rings. The van der Waals surface area contributed by atoms with E-state index in [4.69, 9.17) is 5.73 Å². The molecule has 1 heterocycles. The van der Waals surface area contributed by atoms with Crippen molar-refractivity contribution >= 4 is 5.91 Å². The molecule has 0 spiro atoms. The third kappa shape index (κ3) is 5.77. The number of nitrogens with zero attached hydrogens (tertiary/aromatic N) is 2. The Morgan fingerprint density at radius 1 is 1.40 bits per heavy atom. The molecule has 1 aliphatic heterocycles. The summed E-state index contributed by atoms with van der Waals surface area (Å²) in [4.78, 5) is 16.3. The zero-order valence-corrected chi connectivity index (χ0v) is 13.4. The highest BCUT2D eigenvalue weighted by atomic mass is 16.1. The highest BCUT2D eigenvalue weighted by Gasteiger charge is 2.22. The lowest BCUT2D eigenvalue weighted by Crippen LogP contribution is -2.47. The molecule has 0 aromatic carbocycles. The Labute approximate surface area is 123 Å². The molecule has 0 aromatic heterocycles. The quantitative estimate of drug-likeness (QED) is 0.652. The third-order valence-electron chi connectivity index (χ3n) is 4.38. The summed E-state index contributed by atoms with van der Waals surface area (Å²) in [5.74, 6) is -0.229. The molecular weight excluding hydrogens is 252 g/mol. The molecule has 5 heteroatoms. The van der Waals surface area contributed by atoms with Crippen molar-refractivity contribution in [2.24, 2.45) is 5.73 Å². The topological polar surface area (TPSA) is 61.6 Å². The Balaban J connectivity index is 2.30. The third-order valence-corrected chi connectivity index (χ3v) is 4.38. The van der Waals surface area contributed by atoms with Crippen LogP contribution in [0, 0.1) is 0 Å². The van der Waals surface area contributed by atoms with Gasteiger partial charge in [0.05, 0.1) is 6.04 Å². The summed E-state index contributed by atoms with van der Waals surface area (Å²) in [5, 5.41) is 3.23. The van der Waals surface area contributed by atoms with E-state index in [1.807, 2.05) is 0 Å². The largest absolute Gasteiger partial charge is 0.368 e. The van der Waals surface area contributed by atoms with Crippen molar-refractivity contribution in [1.29, 1.82) is 0 Å². The number of nitrogens with two attached hydrogens (primary N) is 1. The minimum Gasteiger partial charge on any atom is -0.368 e. The lowest BCUT2D eigenvalue weighted by atomic mass is 10.0. The average Bonchev–Trinajstić information content (AvgIpc) is 2.46. The molecule has 1 rings (SSSR count). The van der Waals surface area contributed by atoms with Gasteiger partial charge in [-0.3, -0.25) is 4.79 Å². The van der Waals surface area contributed by atoms with Crippen molar-refractivity contribution in [3.05, 3.63) is 0 Å². The first-order chi connectivity index (χ1) is 9.58. The molecule has 0 saturated carbocycles. The van der Waals surface area contributed by atoms with Crippen molar-refractivity contribution < 1.29 is 4.79 Å². The Bertz CT molecular complexity index is 277. The van der Waals surface area contributed by atoms with E-state index in [1.54, 1.807) is 0 Å². The highest BCUT2D eigenvalue weighted by Crippen LogP contribution is 2.15. The maximum absolute atomic E-state index is 11.4. The molecular formula is C15H32N4O. The van der Waals surface area contributed by atoms with Gasteiger partial charge in [-0.1, -0.05) is 13.8 Å². The number of likely N-dealkylation sites (tertiary alicyclic amines) is 1. The molecule has 0 radical (unpaired) electrons. The second kappa shape index (κ2) is 9.32. The maximum Gasteiger partial charge on any atom is 0.234 e. The number of hydrogen-bond donors (Lipinski definition) is 2. The molecule has 0 bridgehead atoms. The molecule has 3 N–H and O–H groups in total. The molecule has 5 nitrogen and oxygen atoms in total. The van der Waals surface area contributed by atoms with Crippen LogP contribution in [0.5, 0.6) is 0 Å². The Hall–Kier alpha value is -0.650. The van der Waals surface area contributed by atoms with Gasteiger partial charge in [0.1, 0.15) is 0 Å². The van der Waals surface area contributed by atoms with Crippen LogP contribution in [-0.4, -0.2) is 67.6 Å². The van der Waals surface area contributed by atoms with Crippen LogP contribution in [0.4, 0.5) is 0 Å². The summed E-state index contributed by atoms with van der Waals surface area (Å²) in [6.45, 7) is 9.64. The van der Waals surface area contributed by atoms with Crippen molar-refractivity contribution in [2.75, 3.05) is 39.8 Å². The summed E-state index contributed by atoms with van der Waals surface area (Å²) in [7, 11) is 2.17. The van der Waals surface area contributed by atoms with Gasteiger partial charge in [-0.15, -0.1) is 0 Å². The summed E-state index contributed by atoms with van der Waals surface area (Å²) in [6, 6.07) is 0.464. The van der Waals surface area contributed by atoms with E-state index in [1.165, 1.54) is 25.9 Å². The normalized spacial score (nSPS) is 19.4. The standard InChI is InChI=1S/C15H32N4O/c1-4-9-17-14(15(16)20)8-10-18(3)13-6-11-19(5-2)12-7-13/h13-14,17H,4-12H2,1-3H3,(H2,16,20). The van der Waals surface area contributed by atoms with Crippen molar-refractivity contribution in [3.63, 3.8) is 0 Å². The van der Waals surface area contributed by atoms with E-state index in [2.05, 4.69) is 36.0 Å². The molecule has 20 heavy (non-hydrogen) atoms. The molecule has 1 aliphatic rings. The van der Waals surface area contributed by atoms with Gasteiger partial charge in [0.2, 0.25) is 5.91 Å². The number of carbonyl (C=O) groups is 1. The van der Waals surface area contributed by atoms with Crippen LogP contribution in [0.25, 0.3) is 0 Å². The molecule has 1 saturated heterocycles. The van der Waals surface area contributed by atoms with Crippen molar-refractivity contribution in [3.8, 4) is 0 Å². The smallest absolute Gasteiger partial charge is 0.234 e. The van der Waals surface area contributed by atoms with Crippen LogP contribution >= 0.6 is 0 Å². The highest BCUT2D eigenvalue weighted by molar-refractivity contribution is 5.79. The van der Waals surface area contributed by atoms with Gasteiger partial charge >= 0.3 is 0 Å². The van der Waals surface area contributed by atoms with Crippen LogP contribution < -0.4 is 11.1 Å². The minimum absolute atomic E-state index is 0.187. The van der Waals surface area contributed by atoms with Crippen LogP contribution in [0.3, 0.4) is 0 Å². The van der Waals surface area contributed by atoms with Crippen LogP contribution in [0.2, 0.25) is 0 Å². The monoisotopic (exact) mass is 284 g/mol. The van der Waals surface area contributed by atoms with Gasteiger partial charge < -0.3 is 20.9 Å². The molecule has 0 aliphatic carbocycles. The fourth-order valence-corrected chi connectivity index (χ4v) is 2.86. The number of rotatable bonds is 9. The molecule has 1 unspecified atom stereocenters. The zero-order chi connectivity index (χ0) is 15.0. The SMILES string of the molecule is CCCNC(CCN(C)C1CCN(CC)CC1)C(N)=O. The molecule has 1 amide bonds. The summed E-state index contributed by atoms with van der Waals surface area (Å²) < 4.78 is 0. The van der Waals surface area contributed by atoms with Crippen molar-refractivity contribution in [2.45, 2.75) is 51.6 Å². The predicted octanol–water partition coefficient (Wildman–Crippen LogP) is 0.646. The van der Waals surface area contributed by atoms with E-state index >= 15 is 0 Å². The van der Waals surface area contributed by atoms with E-state index in [0.29, 0.717) is 6.04 Å². The fraction of sp³-hybridized carbons (Fsp3) is 0.933. The molecule has 1 fully saturated rings. The number of hydrogen-bond acceptors (Lipinski definition) is 4. The van der Waals surface area contributed by atoms with Crippen LogP contribution in [-0.2, 0) is 4.79 Å². The molecule has 1 atom stereocenters. The predicted molar refractivity (Wildman–Crippen MR) is 83.7 cm³/mol. The fourth-order valence-electron chi connectivity index (χ4n) is 2.86. The van der Waals surface area contributed by atoms with E-state index in [0.717, 1.165) is 32.5 Å². The second-order valence-electron chi connectivity index (χ2n) is 5.84. The lowest BCUT2D eigenvalue weighted by Gasteiger charge is -2.36. The summed E-state index contributed by atoms with van der Waals surface area (Å²) in [6.07, 6.45) is 4.29. The van der Waals surface area contributed by atoms with E-state index in [9.17, 15) is 4.79 Å². The zero-order valence-electron chi connectivity index (χ0n) is 13.4. The molecule has 118 valence electrons. The number of carbonyl (C=O) groups excluding carboxylic acids is 1. The lowest BCUT2D eigenvalue weighted by molar-refractivity contribution is -0.120. The Morgan fingerprint density at radius 2 is 2.05 bits per heavy atom.